The summed E-state index contributed by atoms with van der Waals surface area (Å²) in [5.74, 6) is 0. The number of unbranched alkanes of at least 4 members (excludes halogenated alkanes) is 2. The highest BCUT2D eigenvalue weighted by Gasteiger charge is 1.90. The van der Waals surface area contributed by atoms with Crippen molar-refractivity contribution < 1.29 is 4.21 Å². The molecule has 0 aliphatic carbocycles. The van der Waals surface area contributed by atoms with E-state index in [2.05, 4.69) is 6.92 Å². The zero-order chi connectivity index (χ0) is 7.11. The molecular formula is C6H11ClOS. The van der Waals surface area contributed by atoms with E-state index in [1.165, 1.54) is 6.42 Å². The fourth-order valence-electron chi connectivity index (χ4n) is 0.556. The Balaban J connectivity index is 3.17. The molecule has 0 aliphatic rings. The van der Waals surface area contributed by atoms with Gasteiger partial charge in [0.2, 0.25) is 0 Å². The number of halogens is 1. The minimum atomic E-state index is 0.407. The predicted octanol–water partition coefficient (Wildman–Crippen LogP) is 2.15. The Morgan fingerprint density at radius 2 is 2.22 bits per heavy atom. The Hall–Kier alpha value is 0.180. The third kappa shape index (κ3) is 6.06. The van der Waals surface area contributed by atoms with Crippen molar-refractivity contribution in [1.82, 2.24) is 0 Å². The van der Waals surface area contributed by atoms with Crippen LogP contribution < -0.4 is 0 Å². The molecule has 0 saturated heterocycles. The molecule has 0 amide bonds. The van der Waals surface area contributed by atoms with E-state index in [4.69, 9.17) is 11.6 Å². The molecule has 0 N–H and O–H groups in total. The first-order valence-corrected chi connectivity index (χ1v) is 4.24. The Morgan fingerprint density at radius 3 is 2.67 bits per heavy atom. The van der Waals surface area contributed by atoms with Gasteiger partial charge in [-0.25, -0.2) is 4.21 Å². The Morgan fingerprint density at radius 1 is 1.56 bits per heavy atom. The first kappa shape index (κ1) is 9.18. The van der Waals surface area contributed by atoms with Crippen LogP contribution in [0.25, 0.3) is 0 Å². The van der Waals surface area contributed by atoms with E-state index in [1.54, 1.807) is 0 Å². The van der Waals surface area contributed by atoms with Gasteiger partial charge in [0.1, 0.15) is 15.6 Å². The molecular weight excluding hydrogens is 156 g/mol. The molecule has 0 aromatic heterocycles. The summed E-state index contributed by atoms with van der Waals surface area (Å²) < 4.78 is 10.5. The van der Waals surface area contributed by atoms with Gasteiger partial charge < -0.3 is 0 Å². The summed E-state index contributed by atoms with van der Waals surface area (Å²) in [5.41, 5.74) is 0. The highest BCUT2D eigenvalue weighted by molar-refractivity contribution is 7.70. The van der Waals surface area contributed by atoms with Crippen LogP contribution in [-0.2, 0) is 11.3 Å². The topological polar surface area (TPSA) is 17.1 Å². The summed E-state index contributed by atoms with van der Waals surface area (Å²) >= 11 is 5.88. The molecule has 0 aromatic rings. The molecule has 0 heterocycles. The van der Waals surface area contributed by atoms with Crippen molar-refractivity contribution in [1.29, 1.82) is 0 Å². The second kappa shape index (κ2) is 6.30. The molecule has 0 aromatic carbocycles. The minimum Gasteiger partial charge on any atom is -0.211 e. The van der Waals surface area contributed by atoms with E-state index in [0.29, 0.717) is 15.6 Å². The van der Waals surface area contributed by atoms with Crippen molar-refractivity contribution in [2.75, 3.05) is 0 Å². The van der Waals surface area contributed by atoms with Crippen LogP contribution >= 0.6 is 11.6 Å². The Kier molecular flexibility index (Phi) is 6.43. The van der Waals surface area contributed by atoms with E-state index in [9.17, 15) is 4.21 Å². The van der Waals surface area contributed by atoms with Gasteiger partial charge in [-0.15, -0.1) is 0 Å². The molecule has 0 saturated carbocycles. The fourth-order valence-corrected chi connectivity index (χ4v) is 0.917. The lowest BCUT2D eigenvalue weighted by Crippen LogP contribution is -1.85. The van der Waals surface area contributed by atoms with Crippen LogP contribution in [-0.4, -0.2) is 8.53 Å². The van der Waals surface area contributed by atoms with E-state index in [-0.39, 0.29) is 0 Å². The fraction of sp³-hybridized carbons (Fsp3) is 0.833. The SMILES string of the molecule is CCCCCC(Cl)=S=O. The summed E-state index contributed by atoms with van der Waals surface area (Å²) in [6.07, 6.45) is 4.15. The van der Waals surface area contributed by atoms with Crippen molar-refractivity contribution >= 4 is 27.2 Å². The zero-order valence-corrected chi connectivity index (χ0v) is 7.10. The summed E-state index contributed by atoms with van der Waals surface area (Å²) in [7, 11) is 0. The van der Waals surface area contributed by atoms with Crippen molar-refractivity contribution in [3.63, 3.8) is 0 Å². The summed E-state index contributed by atoms with van der Waals surface area (Å²) in [6, 6.07) is 0. The normalized spacial score (nSPS) is 9.11. The first-order valence-electron chi connectivity index (χ1n) is 3.12. The van der Waals surface area contributed by atoms with Crippen molar-refractivity contribution in [3.05, 3.63) is 0 Å². The first-order chi connectivity index (χ1) is 4.31. The lowest BCUT2D eigenvalue weighted by Gasteiger charge is -1.91. The zero-order valence-electron chi connectivity index (χ0n) is 5.52. The minimum absolute atomic E-state index is 0.407. The average Bonchev–Trinajstić information content (AvgIpc) is 1.89. The average molecular weight is 167 g/mol. The van der Waals surface area contributed by atoms with Crippen LogP contribution in [0, 0.1) is 0 Å². The summed E-state index contributed by atoms with van der Waals surface area (Å²) in [4.78, 5) is 0. The summed E-state index contributed by atoms with van der Waals surface area (Å²) in [5, 5.41) is 0. The molecule has 0 bridgehead atoms. The van der Waals surface area contributed by atoms with Gasteiger partial charge in [0.15, 0.2) is 0 Å². The van der Waals surface area contributed by atoms with Crippen molar-refractivity contribution in [2.45, 2.75) is 32.6 Å². The van der Waals surface area contributed by atoms with Gasteiger partial charge in [-0.05, 0) is 12.8 Å². The Bertz CT molecular complexity index is 118. The molecule has 0 spiro atoms. The number of hydrogen-bond donors (Lipinski definition) is 0. The quantitative estimate of drug-likeness (QED) is 0.355. The lowest BCUT2D eigenvalue weighted by molar-refractivity contribution is 0.700. The largest absolute Gasteiger partial charge is 0.211 e. The van der Waals surface area contributed by atoms with Gasteiger partial charge >= 0.3 is 0 Å². The van der Waals surface area contributed by atoms with Crippen LogP contribution in [0.4, 0.5) is 0 Å². The van der Waals surface area contributed by atoms with Gasteiger partial charge in [-0.3, -0.25) is 0 Å². The van der Waals surface area contributed by atoms with E-state index in [0.717, 1.165) is 19.3 Å². The second-order valence-electron chi connectivity index (χ2n) is 1.90. The van der Waals surface area contributed by atoms with E-state index >= 15 is 0 Å². The highest BCUT2D eigenvalue weighted by Crippen LogP contribution is 2.01. The van der Waals surface area contributed by atoms with Crippen LogP contribution in [0.1, 0.15) is 32.6 Å². The van der Waals surface area contributed by atoms with E-state index < -0.39 is 0 Å². The molecule has 0 fully saturated rings. The van der Waals surface area contributed by atoms with Gasteiger partial charge in [-0.2, -0.15) is 0 Å². The summed E-state index contributed by atoms with van der Waals surface area (Å²) in [6.45, 7) is 2.12. The Labute approximate surface area is 64.5 Å². The maximum Gasteiger partial charge on any atom is 0.111 e. The predicted molar refractivity (Wildman–Crippen MR) is 43.1 cm³/mol. The van der Waals surface area contributed by atoms with Crippen molar-refractivity contribution in [3.8, 4) is 0 Å². The second-order valence-corrected chi connectivity index (χ2v) is 3.24. The van der Waals surface area contributed by atoms with Crippen LogP contribution in [0.5, 0.6) is 0 Å². The maximum atomic E-state index is 9.97. The third-order valence-corrected chi connectivity index (χ3v) is 1.83. The van der Waals surface area contributed by atoms with Gasteiger partial charge in [0.05, 0.1) is 0 Å². The molecule has 0 atom stereocenters. The smallest absolute Gasteiger partial charge is 0.111 e. The third-order valence-electron chi connectivity index (χ3n) is 1.07. The van der Waals surface area contributed by atoms with Crippen molar-refractivity contribution in [2.24, 2.45) is 0 Å². The highest BCUT2D eigenvalue weighted by atomic mass is 35.5. The molecule has 0 unspecified atom stereocenters. The van der Waals surface area contributed by atoms with Crippen LogP contribution in [0.15, 0.2) is 0 Å². The number of hydrogen-bond acceptors (Lipinski definition) is 1. The van der Waals surface area contributed by atoms with Gasteiger partial charge in [0.25, 0.3) is 0 Å². The lowest BCUT2D eigenvalue weighted by atomic mass is 10.2. The number of rotatable bonds is 4. The maximum absolute atomic E-state index is 9.97. The molecule has 0 radical (unpaired) electrons. The van der Waals surface area contributed by atoms with Gasteiger partial charge in [0, 0.05) is 0 Å². The molecule has 9 heavy (non-hydrogen) atoms. The standard InChI is InChI=1S/C6H11ClOS/c1-2-3-4-5-6(7)9-8/h2-5H2,1H3. The van der Waals surface area contributed by atoms with Crippen LogP contribution in [0.3, 0.4) is 0 Å². The van der Waals surface area contributed by atoms with Crippen LogP contribution in [0.2, 0.25) is 0 Å². The van der Waals surface area contributed by atoms with E-state index in [1.807, 2.05) is 0 Å². The molecule has 54 valence electrons. The molecule has 1 nitrogen and oxygen atoms in total. The van der Waals surface area contributed by atoms with Gasteiger partial charge in [-0.1, -0.05) is 31.4 Å². The molecule has 3 heteroatoms. The monoisotopic (exact) mass is 166 g/mol. The molecule has 0 rings (SSSR count). The molecule has 0 aliphatic heterocycles.